The first-order valence-corrected chi connectivity index (χ1v) is 16.0. The van der Waals surface area contributed by atoms with Gasteiger partial charge in [0.05, 0.1) is 29.0 Å². The third-order valence-electron chi connectivity index (χ3n) is 6.60. The van der Waals surface area contributed by atoms with Gasteiger partial charge >= 0.3 is 12.1 Å². The molecule has 41 heavy (non-hydrogen) atoms. The molecule has 0 N–H and O–H groups in total. The Labute approximate surface area is 237 Å². The maximum atomic E-state index is 14.3. The van der Waals surface area contributed by atoms with Gasteiger partial charge in [-0.3, -0.25) is 4.79 Å². The molecule has 0 aromatic heterocycles. The third-order valence-corrected chi connectivity index (χ3v) is 9.52. The van der Waals surface area contributed by atoms with E-state index in [0.717, 1.165) is 28.8 Å². The molecule has 0 radical (unpaired) electrons. The zero-order chi connectivity index (χ0) is 31.0. The van der Waals surface area contributed by atoms with Crippen LogP contribution in [0.5, 0.6) is 5.75 Å². The number of anilines is 2. The van der Waals surface area contributed by atoms with Gasteiger partial charge in [-0.05, 0) is 57.5 Å². The second-order valence-corrected chi connectivity index (χ2v) is 14.6. The summed E-state index contributed by atoms with van der Waals surface area (Å²) in [5, 5.41) is 0. The number of likely N-dealkylation sites (N-methyl/N-ethyl adjacent to an activating group) is 1. The van der Waals surface area contributed by atoms with E-state index in [1.54, 1.807) is 6.92 Å². The van der Waals surface area contributed by atoms with Crippen molar-refractivity contribution in [2.45, 2.75) is 44.3 Å². The Balaban J connectivity index is 2.24. The van der Waals surface area contributed by atoms with E-state index in [1.807, 2.05) is 0 Å². The molecule has 0 saturated heterocycles. The van der Waals surface area contributed by atoms with Gasteiger partial charge in [0.25, 0.3) is 0 Å². The first kappa shape index (κ1) is 32.6. The van der Waals surface area contributed by atoms with Crippen LogP contribution in [0.2, 0.25) is 0 Å². The topological polar surface area (TPSA) is 110 Å². The molecule has 1 aliphatic rings. The van der Waals surface area contributed by atoms with E-state index in [2.05, 4.69) is 0 Å². The van der Waals surface area contributed by atoms with Crippen molar-refractivity contribution in [2.75, 3.05) is 43.7 Å². The minimum absolute atomic E-state index is 0.0409. The maximum absolute atomic E-state index is 14.3. The van der Waals surface area contributed by atoms with Crippen molar-refractivity contribution in [1.82, 2.24) is 4.31 Å². The molecule has 2 aromatic carbocycles. The summed E-state index contributed by atoms with van der Waals surface area (Å²) in [7, 11) is -6.81. The van der Waals surface area contributed by atoms with Gasteiger partial charge in [0.1, 0.15) is 32.9 Å². The summed E-state index contributed by atoms with van der Waals surface area (Å²) in [4.78, 5) is 13.0. The molecule has 9 nitrogen and oxygen atoms in total. The number of carbonyl (C=O) groups excluding carboxylic acids is 1. The van der Waals surface area contributed by atoms with Gasteiger partial charge < -0.3 is 14.4 Å². The Kier molecular flexibility index (Phi) is 9.35. The zero-order valence-corrected chi connectivity index (χ0v) is 24.8. The molecule has 0 bridgehead atoms. The molecule has 1 aliphatic heterocycles. The fourth-order valence-corrected chi connectivity index (χ4v) is 6.48. The van der Waals surface area contributed by atoms with Crippen molar-refractivity contribution in [3.8, 4) is 5.75 Å². The first-order chi connectivity index (χ1) is 18.8. The summed E-state index contributed by atoms with van der Waals surface area (Å²) in [6, 6.07) is 5.12. The van der Waals surface area contributed by atoms with Crippen LogP contribution in [0.25, 0.3) is 0 Å². The summed E-state index contributed by atoms with van der Waals surface area (Å²) < 4.78 is 119. The fraction of sp³-hybridized carbons (Fsp3) is 0.500. The highest BCUT2D eigenvalue weighted by atomic mass is 32.2. The van der Waals surface area contributed by atoms with Gasteiger partial charge in [0, 0.05) is 37.6 Å². The monoisotopic (exact) mass is 624 g/mol. The standard InChI is InChI=1S/C26H32F4N2O7S2/c1-6-38-24(33)25(2,3)16-39-22-14-23-21(13-20(22)26(28,29)30)32(18-9-7-17(27)8-10-18)15-19(11-12-40(5,34)35)31(4)41(23,36)37/h7-10,13-14,19H,6,11-12,15-16H2,1-5H3/t19-/m1/s1. The number of nitrogens with zero attached hydrogens (tertiary/aromatic N) is 2. The summed E-state index contributed by atoms with van der Waals surface area (Å²) >= 11 is 0. The van der Waals surface area contributed by atoms with Crippen LogP contribution in [0.1, 0.15) is 32.8 Å². The molecule has 1 atom stereocenters. The van der Waals surface area contributed by atoms with E-state index in [1.165, 1.54) is 37.9 Å². The SMILES string of the molecule is CCOC(=O)C(C)(C)COc1cc2c(cc1C(F)(F)F)N(c1ccc(F)cc1)C[C@@H](CCS(C)(=O)=O)N(C)S2(=O)=O. The van der Waals surface area contributed by atoms with Crippen molar-refractivity contribution < 1.29 is 48.7 Å². The number of hydrogen-bond donors (Lipinski definition) is 0. The number of sulfone groups is 1. The molecule has 0 saturated carbocycles. The average Bonchev–Trinajstić information content (AvgIpc) is 2.93. The van der Waals surface area contributed by atoms with Gasteiger partial charge in [-0.2, -0.15) is 17.5 Å². The van der Waals surface area contributed by atoms with Crippen LogP contribution in [0.15, 0.2) is 41.3 Å². The normalized spacial score (nSPS) is 18.0. The molecule has 1 heterocycles. The quantitative estimate of drug-likeness (QED) is 0.299. The lowest BCUT2D eigenvalue weighted by atomic mass is 9.95. The number of sulfonamides is 1. The third kappa shape index (κ3) is 7.49. The van der Waals surface area contributed by atoms with Gasteiger partial charge in [-0.25, -0.2) is 21.2 Å². The van der Waals surface area contributed by atoms with Crippen LogP contribution in [0, 0.1) is 11.2 Å². The maximum Gasteiger partial charge on any atom is 0.420 e. The number of esters is 1. The van der Waals surface area contributed by atoms with Crippen molar-refractivity contribution in [3.05, 3.63) is 47.8 Å². The number of alkyl halides is 3. The molecule has 228 valence electrons. The number of fused-ring (bicyclic) bond motifs is 1. The first-order valence-electron chi connectivity index (χ1n) is 12.5. The molecule has 15 heteroatoms. The van der Waals surface area contributed by atoms with Gasteiger partial charge in [-0.15, -0.1) is 0 Å². The lowest BCUT2D eigenvalue weighted by Crippen LogP contribution is -2.41. The summed E-state index contributed by atoms with van der Waals surface area (Å²) in [5.74, 6) is -2.53. The molecule has 0 amide bonds. The Morgan fingerprint density at radius 1 is 1.12 bits per heavy atom. The number of ether oxygens (including phenoxy) is 2. The van der Waals surface area contributed by atoms with E-state index in [9.17, 15) is 39.2 Å². The van der Waals surface area contributed by atoms with E-state index >= 15 is 0 Å². The van der Waals surface area contributed by atoms with Crippen LogP contribution in [-0.2, 0) is 35.6 Å². The highest BCUT2D eigenvalue weighted by Gasteiger charge is 2.43. The van der Waals surface area contributed by atoms with Crippen LogP contribution in [-0.4, -0.2) is 72.0 Å². The molecule has 0 unspecified atom stereocenters. The lowest BCUT2D eigenvalue weighted by molar-refractivity contribution is -0.155. The number of hydrogen-bond acceptors (Lipinski definition) is 8. The van der Waals surface area contributed by atoms with Crippen LogP contribution < -0.4 is 9.64 Å². The Morgan fingerprint density at radius 2 is 1.73 bits per heavy atom. The van der Waals surface area contributed by atoms with E-state index in [0.29, 0.717) is 6.07 Å². The van der Waals surface area contributed by atoms with Gasteiger partial charge in [-0.1, -0.05) is 0 Å². The highest BCUT2D eigenvalue weighted by Crippen LogP contribution is 2.46. The Morgan fingerprint density at radius 3 is 2.27 bits per heavy atom. The van der Waals surface area contributed by atoms with Crippen LogP contribution in [0.4, 0.5) is 28.9 Å². The molecule has 0 spiro atoms. The zero-order valence-electron chi connectivity index (χ0n) is 23.2. The van der Waals surface area contributed by atoms with E-state index in [4.69, 9.17) is 9.47 Å². The average molecular weight is 625 g/mol. The second kappa shape index (κ2) is 11.8. The molecule has 3 rings (SSSR count). The van der Waals surface area contributed by atoms with Crippen molar-refractivity contribution in [1.29, 1.82) is 0 Å². The summed E-state index contributed by atoms with van der Waals surface area (Å²) in [6.45, 7) is 3.66. The largest absolute Gasteiger partial charge is 0.492 e. The molecular formula is C26H32F4N2O7S2. The smallest absolute Gasteiger partial charge is 0.420 e. The van der Waals surface area contributed by atoms with Gasteiger partial charge in [0.15, 0.2) is 0 Å². The lowest BCUT2D eigenvalue weighted by Gasteiger charge is -2.30. The van der Waals surface area contributed by atoms with Crippen LogP contribution in [0.3, 0.4) is 0 Å². The molecule has 0 fully saturated rings. The van der Waals surface area contributed by atoms with Crippen molar-refractivity contribution in [2.24, 2.45) is 5.41 Å². The second-order valence-electron chi connectivity index (χ2n) is 10.4. The molecule has 0 aliphatic carbocycles. The number of rotatable bonds is 9. The Bertz CT molecular complexity index is 1490. The minimum atomic E-state index is -5.00. The number of carbonyl (C=O) groups is 1. The Hall–Kier alpha value is -2.91. The summed E-state index contributed by atoms with van der Waals surface area (Å²) in [6.07, 6.45) is -4.16. The van der Waals surface area contributed by atoms with E-state index < -0.39 is 72.1 Å². The predicted molar refractivity (Wildman–Crippen MR) is 144 cm³/mol. The van der Waals surface area contributed by atoms with Crippen LogP contribution >= 0.6 is 0 Å². The van der Waals surface area contributed by atoms with Crippen molar-refractivity contribution in [3.63, 3.8) is 0 Å². The summed E-state index contributed by atoms with van der Waals surface area (Å²) in [5.41, 5.74) is -2.82. The van der Waals surface area contributed by atoms with Crippen molar-refractivity contribution >= 4 is 37.2 Å². The number of halogens is 4. The highest BCUT2D eigenvalue weighted by molar-refractivity contribution is 7.90. The van der Waals surface area contributed by atoms with E-state index in [-0.39, 0.29) is 36.7 Å². The molecule has 2 aromatic rings. The molecular weight excluding hydrogens is 592 g/mol. The fourth-order valence-electron chi connectivity index (χ4n) is 4.22. The predicted octanol–water partition coefficient (Wildman–Crippen LogP) is 4.39. The number of benzene rings is 2. The minimum Gasteiger partial charge on any atom is -0.492 e. The van der Waals surface area contributed by atoms with Gasteiger partial charge in [0.2, 0.25) is 10.0 Å².